The number of halogens is 3. The average molecular weight is 535 g/mol. The number of ether oxygens (including phenoxy) is 4. The fourth-order valence-electron chi connectivity index (χ4n) is 4.47. The number of esters is 1. The highest BCUT2D eigenvalue weighted by Crippen LogP contribution is 2.41. The number of benzene rings is 2. The van der Waals surface area contributed by atoms with Crippen LogP contribution in [0.15, 0.2) is 36.4 Å². The molecule has 0 aliphatic rings. The lowest BCUT2D eigenvalue weighted by Gasteiger charge is -2.34. The van der Waals surface area contributed by atoms with Gasteiger partial charge in [-0.15, -0.1) is 0 Å². The van der Waals surface area contributed by atoms with Gasteiger partial charge in [0, 0.05) is 25.0 Å². The lowest BCUT2D eigenvalue weighted by Crippen LogP contribution is -2.31. The minimum atomic E-state index is -4.62. The van der Waals surface area contributed by atoms with E-state index in [-0.39, 0.29) is 24.1 Å². The van der Waals surface area contributed by atoms with Gasteiger partial charge in [0.15, 0.2) is 0 Å². The maximum Gasteiger partial charge on any atom is 0.426 e. The van der Waals surface area contributed by atoms with Crippen LogP contribution in [0, 0.1) is 25.7 Å². The third-order valence-corrected chi connectivity index (χ3v) is 6.54. The maximum atomic E-state index is 13.2. The molecule has 0 radical (unpaired) electrons. The zero-order valence-corrected chi connectivity index (χ0v) is 23.1. The van der Waals surface area contributed by atoms with E-state index >= 15 is 0 Å². The van der Waals surface area contributed by atoms with Gasteiger partial charge in [0.2, 0.25) is 6.10 Å². The topological polar surface area (TPSA) is 54.0 Å². The molecule has 0 aliphatic heterocycles. The molecule has 0 N–H and O–H groups in total. The van der Waals surface area contributed by atoms with E-state index in [1.165, 1.54) is 14.0 Å². The summed E-state index contributed by atoms with van der Waals surface area (Å²) >= 11 is 0. The molecule has 0 aromatic heterocycles. The predicted molar refractivity (Wildman–Crippen MR) is 140 cm³/mol. The van der Waals surface area contributed by atoms with Crippen LogP contribution in [0.3, 0.4) is 0 Å². The van der Waals surface area contributed by atoms with Crippen molar-refractivity contribution < 1.29 is 36.9 Å². The Kier molecular flexibility index (Phi) is 11.2. The Balaban J connectivity index is 2.36. The van der Waals surface area contributed by atoms with Crippen LogP contribution in [-0.2, 0) is 24.4 Å². The summed E-state index contributed by atoms with van der Waals surface area (Å²) in [7, 11) is 1.26. The Morgan fingerprint density at radius 2 is 1.61 bits per heavy atom. The van der Waals surface area contributed by atoms with Crippen molar-refractivity contribution in [1.29, 1.82) is 0 Å². The van der Waals surface area contributed by atoms with Crippen LogP contribution in [0.4, 0.5) is 13.2 Å². The molecule has 208 valence electrons. The second-order valence-corrected chi connectivity index (χ2v) is 9.29. The lowest BCUT2D eigenvalue weighted by atomic mass is 9.70. The van der Waals surface area contributed by atoms with Crippen molar-refractivity contribution in [2.75, 3.05) is 20.5 Å². The number of carbonyl (C=O) groups excluding carboxylic acids is 1. The summed E-state index contributed by atoms with van der Waals surface area (Å²) in [6, 6.07) is 11.8. The smallest absolute Gasteiger partial charge is 0.426 e. The van der Waals surface area contributed by atoms with E-state index in [4.69, 9.17) is 14.2 Å². The summed E-state index contributed by atoms with van der Waals surface area (Å²) in [5, 5.41) is 0. The second kappa shape index (κ2) is 13.7. The van der Waals surface area contributed by atoms with Gasteiger partial charge in [0.05, 0.1) is 0 Å². The first-order valence-corrected chi connectivity index (χ1v) is 12.6. The van der Waals surface area contributed by atoms with Gasteiger partial charge in [-0.1, -0.05) is 50.0 Å². The number of aryl methyl sites for hydroxylation is 2. The van der Waals surface area contributed by atoms with Gasteiger partial charge in [-0.25, -0.2) is 0 Å². The minimum absolute atomic E-state index is 0.250. The lowest BCUT2D eigenvalue weighted by molar-refractivity contribution is -0.220. The molecule has 0 aliphatic carbocycles. The van der Waals surface area contributed by atoms with E-state index in [2.05, 4.69) is 36.5 Å². The summed E-state index contributed by atoms with van der Waals surface area (Å²) in [5.41, 5.74) is 4.12. The Hall–Kier alpha value is -3.02. The molecule has 2 unspecified atom stereocenters. The fourth-order valence-corrected chi connectivity index (χ4v) is 4.47. The summed E-state index contributed by atoms with van der Waals surface area (Å²) in [6.07, 6.45) is -5.58. The first-order valence-electron chi connectivity index (χ1n) is 12.6. The number of methoxy groups -OCH3 is 1. The molecule has 2 aromatic carbocycles. The highest BCUT2D eigenvalue weighted by molar-refractivity contribution is 5.66. The van der Waals surface area contributed by atoms with Gasteiger partial charge in [-0.05, 0) is 68.0 Å². The Labute approximate surface area is 223 Å². The van der Waals surface area contributed by atoms with Gasteiger partial charge < -0.3 is 18.9 Å². The van der Waals surface area contributed by atoms with Crippen LogP contribution >= 0.6 is 0 Å². The number of carbonyl (C=O) groups is 1. The van der Waals surface area contributed by atoms with Crippen molar-refractivity contribution in [2.45, 2.75) is 78.2 Å². The van der Waals surface area contributed by atoms with Gasteiger partial charge in [-0.3, -0.25) is 4.79 Å². The highest BCUT2D eigenvalue weighted by Gasteiger charge is 2.39. The van der Waals surface area contributed by atoms with Crippen LogP contribution in [-0.4, -0.2) is 44.9 Å². The average Bonchev–Trinajstić information content (AvgIpc) is 2.84. The largest absolute Gasteiger partial charge is 0.489 e. The van der Waals surface area contributed by atoms with Crippen LogP contribution < -0.4 is 4.74 Å². The molecule has 2 atom stereocenters. The third kappa shape index (κ3) is 7.99. The number of hydrogen-bond donors (Lipinski definition) is 0. The molecule has 0 fully saturated rings. The molecule has 2 aromatic rings. The summed E-state index contributed by atoms with van der Waals surface area (Å²) in [6.45, 7) is 10.9. The Morgan fingerprint density at radius 1 is 1.00 bits per heavy atom. The molecule has 0 heterocycles. The highest BCUT2D eigenvalue weighted by atomic mass is 19.4. The fraction of sp³-hybridized carbons (Fsp3) is 0.500. The van der Waals surface area contributed by atoms with Crippen molar-refractivity contribution in [3.63, 3.8) is 0 Å². The zero-order valence-electron chi connectivity index (χ0n) is 23.1. The van der Waals surface area contributed by atoms with Crippen molar-refractivity contribution in [3.8, 4) is 17.6 Å². The maximum absolute atomic E-state index is 13.2. The molecular formula is C30H37F3O5. The van der Waals surface area contributed by atoms with Crippen LogP contribution in [0.2, 0.25) is 0 Å². The van der Waals surface area contributed by atoms with E-state index in [0.29, 0.717) is 11.3 Å². The van der Waals surface area contributed by atoms with Crippen molar-refractivity contribution in [2.24, 2.45) is 0 Å². The molecule has 0 bridgehead atoms. The van der Waals surface area contributed by atoms with Gasteiger partial charge in [0.25, 0.3) is 0 Å². The van der Waals surface area contributed by atoms with Crippen molar-refractivity contribution >= 4 is 5.97 Å². The third-order valence-electron chi connectivity index (χ3n) is 6.54. The van der Waals surface area contributed by atoms with E-state index in [0.717, 1.165) is 35.1 Å². The van der Waals surface area contributed by atoms with Crippen LogP contribution in [0.1, 0.15) is 68.4 Å². The summed E-state index contributed by atoms with van der Waals surface area (Å²) in [4.78, 5) is 11.1. The molecule has 0 amide bonds. The molecule has 0 saturated carbocycles. The van der Waals surface area contributed by atoms with E-state index in [1.807, 2.05) is 38.1 Å². The van der Waals surface area contributed by atoms with Gasteiger partial charge in [-0.2, -0.15) is 13.2 Å². The number of alkyl halides is 3. The first kappa shape index (κ1) is 31.2. The van der Waals surface area contributed by atoms with Gasteiger partial charge >= 0.3 is 12.1 Å². The van der Waals surface area contributed by atoms with Crippen LogP contribution in [0.5, 0.6) is 5.75 Å². The molecule has 0 saturated heterocycles. The van der Waals surface area contributed by atoms with Crippen molar-refractivity contribution in [1.82, 2.24) is 0 Å². The molecule has 8 heteroatoms. The monoisotopic (exact) mass is 534 g/mol. The molecular weight excluding hydrogens is 497 g/mol. The number of hydrogen-bond acceptors (Lipinski definition) is 5. The van der Waals surface area contributed by atoms with E-state index in [9.17, 15) is 18.0 Å². The quantitative estimate of drug-likeness (QED) is 0.184. The SMILES string of the molecule is CCC(CC)(c1ccc(C#CC(OCOC)C(F)(F)F)c(C)c1)c1ccc(OCC(C)OC(C)=O)c(C)c1. The van der Waals surface area contributed by atoms with E-state index < -0.39 is 19.1 Å². The zero-order chi connectivity index (χ0) is 28.5. The minimum Gasteiger partial charge on any atom is -0.489 e. The van der Waals surface area contributed by atoms with E-state index in [1.54, 1.807) is 13.0 Å². The normalized spacial score (nSPS) is 13.3. The second-order valence-electron chi connectivity index (χ2n) is 9.29. The Morgan fingerprint density at radius 3 is 2.11 bits per heavy atom. The summed E-state index contributed by atoms with van der Waals surface area (Å²) in [5.74, 6) is 5.19. The molecule has 0 spiro atoms. The molecule has 38 heavy (non-hydrogen) atoms. The molecule has 2 rings (SSSR count). The molecule has 5 nitrogen and oxygen atoms in total. The van der Waals surface area contributed by atoms with Gasteiger partial charge in [0.1, 0.15) is 25.3 Å². The Bertz CT molecular complexity index is 1140. The summed E-state index contributed by atoms with van der Waals surface area (Å²) < 4.78 is 60.0. The standard InChI is InChI=1S/C30H37F3O5/c1-8-29(9-2,26-13-14-27(21(4)17-26)36-18-22(5)38-23(6)34)25-12-10-24(20(3)16-25)11-15-28(30(31,32)33)37-19-35-7/h10,12-14,16-17,22,28H,8-9,18-19H2,1-7H3. The predicted octanol–water partition coefficient (Wildman–Crippen LogP) is 6.64. The van der Waals surface area contributed by atoms with Crippen molar-refractivity contribution in [3.05, 3.63) is 64.2 Å². The first-order chi connectivity index (χ1) is 17.9. The van der Waals surface area contributed by atoms with Crippen LogP contribution in [0.25, 0.3) is 0 Å². The number of rotatable bonds is 11.